The molecular formula is C24H35IN4O3. The van der Waals surface area contributed by atoms with Crippen LogP contribution in [0.3, 0.4) is 0 Å². The van der Waals surface area contributed by atoms with Crippen molar-refractivity contribution in [2.75, 3.05) is 52.4 Å². The second-order valence-corrected chi connectivity index (χ2v) is 7.55. The van der Waals surface area contributed by atoms with Gasteiger partial charge >= 0.3 is 0 Å². The van der Waals surface area contributed by atoms with Gasteiger partial charge in [-0.15, -0.1) is 24.0 Å². The number of hydrogen-bond donors (Lipinski definition) is 2. The smallest absolute Gasteiger partial charge is 0.203 e. The minimum Gasteiger partial charge on any atom is -0.493 e. The highest BCUT2D eigenvalue weighted by Crippen LogP contribution is 2.38. The van der Waals surface area contributed by atoms with Crippen LogP contribution in [-0.4, -0.2) is 53.5 Å². The predicted octanol–water partition coefficient (Wildman–Crippen LogP) is 3.91. The summed E-state index contributed by atoms with van der Waals surface area (Å²) in [6, 6.07) is 14.5. The molecule has 0 bridgehead atoms. The maximum Gasteiger partial charge on any atom is 0.203 e. The van der Waals surface area contributed by atoms with E-state index in [9.17, 15) is 0 Å². The first-order valence-electron chi connectivity index (χ1n) is 10.8. The zero-order valence-electron chi connectivity index (χ0n) is 19.4. The fourth-order valence-corrected chi connectivity index (χ4v) is 3.85. The van der Waals surface area contributed by atoms with Gasteiger partial charge in [-0.3, -0.25) is 0 Å². The molecule has 7 nitrogen and oxygen atoms in total. The van der Waals surface area contributed by atoms with Gasteiger partial charge in [0.2, 0.25) is 5.75 Å². The average molecular weight is 554 g/mol. The first kappa shape index (κ1) is 25.9. The summed E-state index contributed by atoms with van der Waals surface area (Å²) in [4.78, 5) is 7.21. The molecule has 1 fully saturated rings. The summed E-state index contributed by atoms with van der Waals surface area (Å²) in [5.74, 6) is 3.26. The Morgan fingerprint density at radius 1 is 1.03 bits per heavy atom. The van der Waals surface area contributed by atoms with Gasteiger partial charge < -0.3 is 29.7 Å². The van der Waals surface area contributed by atoms with E-state index in [1.54, 1.807) is 21.3 Å². The lowest BCUT2D eigenvalue weighted by Crippen LogP contribution is -2.40. The van der Waals surface area contributed by atoms with Crippen LogP contribution in [0, 0.1) is 5.92 Å². The Hall–Kier alpha value is -2.36. The Bertz CT molecular complexity index is 839. The number of nitrogens with one attached hydrogen (secondary N) is 2. The summed E-state index contributed by atoms with van der Waals surface area (Å²) in [6.07, 6.45) is 1.17. The molecule has 0 amide bonds. The zero-order valence-corrected chi connectivity index (χ0v) is 21.7. The molecule has 0 radical (unpaired) electrons. The number of aliphatic imine (C=N–C) groups is 1. The summed E-state index contributed by atoms with van der Waals surface area (Å²) < 4.78 is 16.3. The van der Waals surface area contributed by atoms with E-state index >= 15 is 0 Å². The van der Waals surface area contributed by atoms with Gasteiger partial charge in [-0.1, -0.05) is 18.2 Å². The van der Waals surface area contributed by atoms with Crippen LogP contribution in [0.2, 0.25) is 0 Å². The van der Waals surface area contributed by atoms with Crippen LogP contribution in [0.15, 0.2) is 47.5 Å². The Labute approximate surface area is 208 Å². The number of anilines is 1. The Kier molecular flexibility index (Phi) is 10.7. The molecule has 1 unspecified atom stereocenters. The fourth-order valence-electron chi connectivity index (χ4n) is 3.85. The van der Waals surface area contributed by atoms with Crippen molar-refractivity contribution in [3.8, 4) is 17.2 Å². The summed E-state index contributed by atoms with van der Waals surface area (Å²) >= 11 is 0. The van der Waals surface area contributed by atoms with Gasteiger partial charge in [0.15, 0.2) is 17.5 Å². The van der Waals surface area contributed by atoms with Crippen molar-refractivity contribution in [1.82, 2.24) is 10.6 Å². The molecule has 0 saturated carbocycles. The summed E-state index contributed by atoms with van der Waals surface area (Å²) in [7, 11) is 4.85. The highest BCUT2D eigenvalue weighted by molar-refractivity contribution is 14.0. The van der Waals surface area contributed by atoms with E-state index in [0.29, 0.717) is 29.7 Å². The lowest BCUT2D eigenvalue weighted by Gasteiger charge is -2.19. The molecule has 1 saturated heterocycles. The van der Waals surface area contributed by atoms with Gasteiger partial charge in [0.05, 0.1) is 27.9 Å². The van der Waals surface area contributed by atoms with Gasteiger partial charge in [-0.05, 0) is 49.1 Å². The van der Waals surface area contributed by atoms with Crippen LogP contribution in [-0.2, 0) is 6.54 Å². The molecule has 32 heavy (non-hydrogen) atoms. The predicted molar refractivity (Wildman–Crippen MR) is 141 cm³/mol. The highest BCUT2D eigenvalue weighted by Gasteiger charge is 2.22. The number of methoxy groups -OCH3 is 3. The number of hydrogen-bond acceptors (Lipinski definition) is 5. The molecule has 1 aliphatic heterocycles. The Morgan fingerprint density at radius 3 is 2.31 bits per heavy atom. The van der Waals surface area contributed by atoms with Gasteiger partial charge in [0.1, 0.15) is 0 Å². The van der Waals surface area contributed by atoms with E-state index in [-0.39, 0.29) is 24.0 Å². The third-order valence-corrected chi connectivity index (χ3v) is 5.45. The van der Waals surface area contributed by atoms with Crippen molar-refractivity contribution in [3.05, 3.63) is 48.0 Å². The minimum absolute atomic E-state index is 0. The van der Waals surface area contributed by atoms with Crippen LogP contribution >= 0.6 is 24.0 Å². The van der Waals surface area contributed by atoms with Crippen LogP contribution in [0.4, 0.5) is 5.69 Å². The van der Waals surface area contributed by atoms with Crippen molar-refractivity contribution in [2.45, 2.75) is 19.9 Å². The maximum absolute atomic E-state index is 5.45. The van der Waals surface area contributed by atoms with E-state index < -0.39 is 0 Å². The molecule has 0 spiro atoms. The van der Waals surface area contributed by atoms with Crippen molar-refractivity contribution >= 4 is 35.6 Å². The standard InChI is InChI=1S/C24H34N4O3.HI/c1-5-25-24(26-15-18-11-12-28(17-18)20-9-7-6-8-10-20)27-16-19-13-21(29-2)23(31-4)22(14-19)30-3;/h6-10,13-14,18H,5,11-12,15-17H2,1-4H3,(H2,25,26,27);1H. The zero-order chi connectivity index (χ0) is 22.1. The quantitative estimate of drug-likeness (QED) is 0.279. The van der Waals surface area contributed by atoms with E-state index in [1.807, 2.05) is 12.1 Å². The molecule has 1 atom stereocenters. The van der Waals surface area contributed by atoms with Gasteiger partial charge in [-0.2, -0.15) is 0 Å². The van der Waals surface area contributed by atoms with Gasteiger partial charge in [0.25, 0.3) is 0 Å². The summed E-state index contributed by atoms with van der Waals surface area (Å²) in [5, 5.41) is 6.85. The second-order valence-electron chi connectivity index (χ2n) is 7.55. The fraction of sp³-hybridized carbons (Fsp3) is 0.458. The van der Waals surface area contributed by atoms with Crippen LogP contribution < -0.4 is 29.7 Å². The van der Waals surface area contributed by atoms with Gasteiger partial charge in [-0.25, -0.2) is 4.99 Å². The number of rotatable bonds is 9. The Morgan fingerprint density at radius 2 is 1.72 bits per heavy atom. The number of guanidine groups is 1. The van der Waals surface area contributed by atoms with Crippen LogP contribution in [0.1, 0.15) is 18.9 Å². The highest BCUT2D eigenvalue weighted by atomic mass is 127. The molecular weight excluding hydrogens is 519 g/mol. The average Bonchev–Trinajstić information content (AvgIpc) is 3.29. The van der Waals surface area contributed by atoms with Crippen molar-refractivity contribution in [2.24, 2.45) is 10.9 Å². The van der Waals surface area contributed by atoms with E-state index in [4.69, 9.17) is 19.2 Å². The molecule has 2 aromatic carbocycles. The molecule has 0 aromatic heterocycles. The third kappa shape index (κ3) is 6.82. The van der Waals surface area contributed by atoms with E-state index in [2.05, 4.69) is 52.8 Å². The number of halogens is 1. The summed E-state index contributed by atoms with van der Waals surface area (Å²) in [6.45, 7) is 6.43. The van der Waals surface area contributed by atoms with E-state index in [1.165, 1.54) is 12.1 Å². The molecule has 2 aromatic rings. The lowest BCUT2D eigenvalue weighted by atomic mass is 10.1. The third-order valence-electron chi connectivity index (χ3n) is 5.45. The Balaban J connectivity index is 0.00000363. The van der Waals surface area contributed by atoms with Crippen molar-refractivity contribution < 1.29 is 14.2 Å². The SMILES string of the molecule is CCNC(=NCc1cc(OC)c(OC)c(OC)c1)NCC1CCN(c2ccccc2)C1.I. The topological polar surface area (TPSA) is 67.4 Å². The van der Waals surface area contributed by atoms with E-state index in [0.717, 1.165) is 37.7 Å². The molecule has 1 heterocycles. The number of nitrogens with zero attached hydrogens (tertiary/aromatic N) is 2. The first-order valence-corrected chi connectivity index (χ1v) is 10.8. The normalized spacial score (nSPS) is 15.7. The maximum atomic E-state index is 5.45. The lowest BCUT2D eigenvalue weighted by molar-refractivity contribution is 0.324. The van der Waals surface area contributed by atoms with Crippen LogP contribution in [0.5, 0.6) is 17.2 Å². The minimum atomic E-state index is 0. The first-order chi connectivity index (χ1) is 15.2. The van der Waals surface area contributed by atoms with Crippen LogP contribution in [0.25, 0.3) is 0 Å². The molecule has 3 rings (SSSR count). The monoisotopic (exact) mass is 554 g/mol. The number of para-hydroxylation sites is 1. The molecule has 1 aliphatic rings. The largest absolute Gasteiger partial charge is 0.493 e. The number of benzene rings is 2. The molecule has 8 heteroatoms. The summed E-state index contributed by atoms with van der Waals surface area (Å²) in [5.41, 5.74) is 2.29. The van der Waals surface area contributed by atoms with Gasteiger partial charge in [0, 0.05) is 31.9 Å². The second kappa shape index (κ2) is 13.2. The van der Waals surface area contributed by atoms with Crippen molar-refractivity contribution in [3.63, 3.8) is 0 Å². The van der Waals surface area contributed by atoms with Crippen molar-refractivity contribution in [1.29, 1.82) is 0 Å². The number of ether oxygens (including phenoxy) is 3. The molecule has 2 N–H and O–H groups in total. The molecule has 0 aliphatic carbocycles. The molecule has 176 valence electrons.